The van der Waals surface area contributed by atoms with Crippen molar-refractivity contribution in [2.24, 2.45) is 0 Å². The van der Waals surface area contributed by atoms with Crippen LogP contribution in [0.4, 0.5) is 11.4 Å². The van der Waals surface area contributed by atoms with Gasteiger partial charge in [-0.25, -0.2) is 0 Å². The minimum absolute atomic E-state index is 0.0715. The third-order valence-corrected chi connectivity index (χ3v) is 2.82. The number of hydrogen-bond acceptors (Lipinski definition) is 3. The van der Waals surface area contributed by atoms with Crippen LogP contribution in [0.2, 0.25) is 0 Å². The molecule has 0 aliphatic rings. The molecule has 97 valence electrons. The molecule has 1 N–H and O–H groups in total. The van der Waals surface area contributed by atoms with Gasteiger partial charge < -0.3 is 5.32 Å². The van der Waals surface area contributed by atoms with Gasteiger partial charge in [-0.15, -0.1) is 0 Å². The first-order chi connectivity index (χ1) is 9.27. The molecule has 2 aromatic carbocycles. The lowest BCUT2D eigenvalue weighted by Crippen LogP contribution is -2.05. The maximum Gasteiger partial charge on any atom is 0.292 e. The molecular formula is C15H15N2O2. The van der Waals surface area contributed by atoms with Crippen molar-refractivity contribution in [3.63, 3.8) is 0 Å². The van der Waals surface area contributed by atoms with Gasteiger partial charge in [0.25, 0.3) is 5.69 Å². The molecule has 0 amide bonds. The van der Waals surface area contributed by atoms with E-state index in [1.54, 1.807) is 12.1 Å². The van der Waals surface area contributed by atoms with Crippen LogP contribution in [-0.4, -0.2) is 11.5 Å². The van der Waals surface area contributed by atoms with E-state index < -0.39 is 4.92 Å². The number of aryl methyl sites for hydroxylation is 1. The molecular weight excluding hydrogens is 240 g/mol. The quantitative estimate of drug-likeness (QED) is 0.488. The predicted octanol–water partition coefficient (Wildman–Crippen LogP) is 3.44. The van der Waals surface area contributed by atoms with Crippen molar-refractivity contribution in [2.45, 2.75) is 12.8 Å². The Hall–Kier alpha value is -2.36. The number of benzene rings is 2. The predicted molar refractivity (Wildman–Crippen MR) is 75.2 cm³/mol. The van der Waals surface area contributed by atoms with E-state index in [9.17, 15) is 10.1 Å². The van der Waals surface area contributed by atoms with Gasteiger partial charge in [0.15, 0.2) is 0 Å². The molecule has 0 saturated heterocycles. The zero-order valence-corrected chi connectivity index (χ0v) is 10.5. The number of anilines is 1. The Morgan fingerprint density at radius 2 is 1.95 bits per heavy atom. The number of hydrogen-bond donors (Lipinski definition) is 1. The second-order valence-corrected chi connectivity index (χ2v) is 4.20. The molecule has 0 saturated carbocycles. The van der Waals surface area contributed by atoms with Crippen LogP contribution in [0.1, 0.15) is 12.0 Å². The summed E-state index contributed by atoms with van der Waals surface area (Å²) in [6, 6.07) is 17.8. The Kier molecular flexibility index (Phi) is 4.50. The molecule has 0 unspecified atom stereocenters. The Morgan fingerprint density at radius 1 is 1.16 bits per heavy atom. The first kappa shape index (κ1) is 13.1. The van der Waals surface area contributed by atoms with E-state index in [4.69, 9.17) is 0 Å². The molecule has 0 heterocycles. The fourth-order valence-electron chi connectivity index (χ4n) is 1.87. The van der Waals surface area contributed by atoms with Crippen molar-refractivity contribution >= 4 is 11.4 Å². The molecule has 2 aromatic rings. The van der Waals surface area contributed by atoms with Crippen molar-refractivity contribution in [3.8, 4) is 0 Å². The summed E-state index contributed by atoms with van der Waals surface area (Å²) >= 11 is 0. The maximum absolute atomic E-state index is 10.8. The monoisotopic (exact) mass is 255 g/mol. The zero-order chi connectivity index (χ0) is 13.5. The number of nitrogens with zero attached hydrogens (tertiary/aromatic N) is 1. The van der Waals surface area contributed by atoms with E-state index in [1.807, 2.05) is 18.2 Å². The van der Waals surface area contributed by atoms with Crippen LogP contribution in [0.25, 0.3) is 0 Å². The molecule has 19 heavy (non-hydrogen) atoms. The van der Waals surface area contributed by atoms with Crippen molar-refractivity contribution < 1.29 is 4.92 Å². The number of rotatable bonds is 6. The molecule has 1 radical (unpaired) electrons. The molecule has 0 spiro atoms. The van der Waals surface area contributed by atoms with Gasteiger partial charge in [-0.05, 0) is 18.4 Å². The lowest BCUT2D eigenvalue weighted by molar-refractivity contribution is -0.384. The summed E-state index contributed by atoms with van der Waals surface area (Å²) in [6.07, 6.45) is 1.87. The summed E-state index contributed by atoms with van der Waals surface area (Å²) in [5, 5.41) is 13.9. The van der Waals surface area contributed by atoms with E-state index in [0.717, 1.165) is 12.8 Å². The highest BCUT2D eigenvalue weighted by atomic mass is 16.6. The second-order valence-electron chi connectivity index (χ2n) is 4.20. The summed E-state index contributed by atoms with van der Waals surface area (Å²) in [5.74, 6) is 0. The van der Waals surface area contributed by atoms with Crippen molar-refractivity contribution in [1.82, 2.24) is 0 Å². The van der Waals surface area contributed by atoms with Crippen LogP contribution >= 0.6 is 0 Å². The topological polar surface area (TPSA) is 55.2 Å². The molecule has 2 rings (SSSR count). The third kappa shape index (κ3) is 3.81. The average Bonchev–Trinajstić information content (AvgIpc) is 2.45. The summed E-state index contributed by atoms with van der Waals surface area (Å²) < 4.78 is 0. The first-order valence-electron chi connectivity index (χ1n) is 6.20. The smallest absolute Gasteiger partial charge is 0.292 e. The minimum atomic E-state index is -0.393. The van der Waals surface area contributed by atoms with E-state index in [-0.39, 0.29) is 5.69 Å². The van der Waals surface area contributed by atoms with Gasteiger partial charge in [0.2, 0.25) is 0 Å². The molecule has 4 heteroatoms. The molecule has 0 fully saturated rings. The van der Waals surface area contributed by atoms with Gasteiger partial charge in [-0.2, -0.15) is 0 Å². The fraction of sp³-hybridized carbons (Fsp3) is 0.200. The van der Waals surface area contributed by atoms with Crippen molar-refractivity contribution in [3.05, 3.63) is 70.3 Å². The summed E-state index contributed by atoms with van der Waals surface area (Å²) in [4.78, 5) is 10.4. The van der Waals surface area contributed by atoms with E-state index in [2.05, 4.69) is 23.5 Å². The van der Waals surface area contributed by atoms with Gasteiger partial charge in [-0.3, -0.25) is 10.1 Å². The largest absolute Gasteiger partial charge is 0.379 e. The van der Waals surface area contributed by atoms with E-state index >= 15 is 0 Å². The summed E-state index contributed by atoms with van der Waals surface area (Å²) in [5.41, 5.74) is 1.80. The Balaban J connectivity index is 1.85. The molecule has 4 nitrogen and oxygen atoms in total. The lowest BCUT2D eigenvalue weighted by Gasteiger charge is -2.06. The molecule has 0 aliphatic carbocycles. The average molecular weight is 255 g/mol. The van der Waals surface area contributed by atoms with Crippen molar-refractivity contribution in [1.29, 1.82) is 0 Å². The van der Waals surface area contributed by atoms with Crippen LogP contribution in [-0.2, 0) is 6.42 Å². The standard InChI is InChI=1S/C15H15N2O2/c18-17(19)15-11-5-4-10-14(15)16-12-6-9-13-7-2-1-3-8-13/h1-5,7-8,11,16H,6,9,12H2. The maximum atomic E-state index is 10.8. The fourth-order valence-corrected chi connectivity index (χ4v) is 1.87. The second kappa shape index (κ2) is 6.54. The van der Waals surface area contributed by atoms with Gasteiger partial charge in [0, 0.05) is 18.7 Å². The Bertz CT molecular complexity index is 541. The number of para-hydroxylation sites is 1. The molecule has 0 bridgehead atoms. The highest BCUT2D eigenvalue weighted by molar-refractivity contribution is 5.60. The summed E-state index contributed by atoms with van der Waals surface area (Å²) in [6.45, 7) is 0.691. The first-order valence-corrected chi connectivity index (χ1v) is 6.20. The van der Waals surface area contributed by atoms with Crippen LogP contribution in [0.3, 0.4) is 0 Å². The number of nitro benzene ring substituents is 1. The van der Waals surface area contributed by atoms with Crippen LogP contribution in [0.15, 0.2) is 48.5 Å². The molecule has 0 aromatic heterocycles. The minimum Gasteiger partial charge on any atom is -0.379 e. The van der Waals surface area contributed by atoms with Gasteiger partial charge in [0.05, 0.1) is 4.92 Å². The zero-order valence-electron chi connectivity index (χ0n) is 10.5. The Labute approximate surface area is 112 Å². The summed E-state index contributed by atoms with van der Waals surface area (Å²) in [7, 11) is 0. The lowest BCUT2D eigenvalue weighted by atomic mass is 10.1. The van der Waals surface area contributed by atoms with Gasteiger partial charge in [-0.1, -0.05) is 42.5 Å². The van der Waals surface area contributed by atoms with Crippen LogP contribution < -0.4 is 5.32 Å². The highest BCUT2D eigenvalue weighted by Crippen LogP contribution is 2.22. The van der Waals surface area contributed by atoms with Crippen molar-refractivity contribution in [2.75, 3.05) is 11.9 Å². The normalized spacial score (nSPS) is 10.1. The van der Waals surface area contributed by atoms with Gasteiger partial charge >= 0.3 is 0 Å². The highest BCUT2D eigenvalue weighted by Gasteiger charge is 2.11. The molecule has 0 aliphatic heterocycles. The third-order valence-electron chi connectivity index (χ3n) is 2.82. The van der Waals surface area contributed by atoms with E-state index in [1.165, 1.54) is 11.6 Å². The van der Waals surface area contributed by atoms with Crippen LogP contribution in [0.5, 0.6) is 0 Å². The van der Waals surface area contributed by atoms with Crippen LogP contribution in [0, 0.1) is 16.2 Å². The number of nitro groups is 1. The number of nitrogens with one attached hydrogen (secondary N) is 1. The Morgan fingerprint density at radius 3 is 2.68 bits per heavy atom. The van der Waals surface area contributed by atoms with E-state index in [0.29, 0.717) is 12.2 Å². The SMILES string of the molecule is O=[N+]([O-])c1ccc[c]c1NCCCc1ccccc1. The molecule has 0 atom stereocenters. The van der Waals surface area contributed by atoms with Gasteiger partial charge in [0.1, 0.15) is 5.69 Å².